The van der Waals surface area contributed by atoms with E-state index in [4.69, 9.17) is 4.74 Å². The minimum Gasteiger partial charge on any atom is -0.449 e. The van der Waals surface area contributed by atoms with E-state index in [1.54, 1.807) is 0 Å². The number of fused-ring (bicyclic) bond motifs is 3. The van der Waals surface area contributed by atoms with Crippen molar-refractivity contribution in [3.8, 4) is 17.2 Å². The van der Waals surface area contributed by atoms with Crippen LogP contribution >= 0.6 is 0 Å². The van der Waals surface area contributed by atoms with E-state index in [-0.39, 0.29) is 40.2 Å². The van der Waals surface area contributed by atoms with E-state index in [0.717, 1.165) is 34.6 Å². The fourth-order valence-electron chi connectivity index (χ4n) is 4.54. The van der Waals surface area contributed by atoms with Crippen LogP contribution in [0, 0.1) is 23.2 Å². The molecule has 0 unspecified atom stereocenters. The third-order valence-electron chi connectivity index (χ3n) is 6.15. The van der Waals surface area contributed by atoms with Crippen LogP contribution in [0.4, 0.5) is 4.79 Å². The van der Waals surface area contributed by atoms with Gasteiger partial charge in [0.15, 0.2) is 0 Å². The monoisotopic (exact) mass is 508 g/mol. The molecule has 4 rings (SSSR count). The van der Waals surface area contributed by atoms with Gasteiger partial charge in [-0.25, -0.2) is 4.79 Å². The lowest BCUT2D eigenvalue weighted by atomic mass is 9.92. The molecule has 1 aliphatic heterocycles. The van der Waals surface area contributed by atoms with Gasteiger partial charge in [0.05, 0.1) is 6.07 Å². The van der Waals surface area contributed by atoms with Crippen molar-refractivity contribution in [1.82, 2.24) is 16.0 Å². The molecule has 8 nitrogen and oxygen atoms in total. The number of piperidine rings is 1. The first-order valence-electron chi connectivity index (χ1n) is 12.9. The number of ether oxygens (including phenoxy) is 1. The lowest BCUT2D eigenvalue weighted by Crippen LogP contribution is -2.45. The Bertz CT molecular complexity index is 1100. The second kappa shape index (κ2) is 13.4. The maximum atomic E-state index is 12.2. The van der Waals surface area contributed by atoms with Crippen LogP contribution in [-0.4, -0.2) is 43.6 Å². The first-order chi connectivity index (χ1) is 17.8. The Balaban J connectivity index is 0.00000119. The molecule has 2 aromatic carbocycles. The summed E-state index contributed by atoms with van der Waals surface area (Å²) < 4.78 is 5.41. The molecule has 3 amide bonds. The van der Waals surface area contributed by atoms with Gasteiger partial charge in [-0.3, -0.25) is 9.59 Å². The fraction of sp³-hybridized carbons (Fsp3) is 0.448. The molecule has 0 aromatic heterocycles. The van der Waals surface area contributed by atoms with E-state index < -0.39 is 18.0 Å². The summed E-state index contributed by atoms with van der Waals surface area (Å²) in [7, 11) is 0. The van der Waals surface area contributed by atoms with E-state index in [9.17, 15) is 19.6 Å². The lowest BCUT2D eigenvalue weighted by molar-refractivity contribution is -0.127. The van der Waals surface area contributed by atoms with Crippen molar-refractivity contribution in [1.29, 1.82) is 5.26 Å². The Morgan fingerprint density at radius 1 is 1.11 bits per heavy atom. The molecular formula is C29H40N4O4. The molecule has 37 heavy (non-hydrogen) atoms. The first kappa shape index (κ1) is 27.7. The van der Waals surface area contributed by atoms with Gasteiger partial charge < -0.3 is 20.7 Å². The molecular weight excluding hydrogens is 468 g/mol. The highest BCUT2D eigenvalue weighted by atomic mass is 16.5. The average Bonchev–Trinajstić information content (AvgIpc) is 3.20. The van der Waals surface area contributed by atoms with Crippen molar-refractivity contribution < 1.29 is 22.0 Å². The van der Waals surface area contributed by atoms with Crippen LogP contribution < -0.4 is 16.0 Å². The maximum Gasteiger partial charge on any atom is 0.407 e. The minimum absolute atomic E-state index is 0. The van der Waals surface area contributed by atoms with Crippen LogP contribution in [0.3, 0.4) is 0 Å². The van der Waals surface area contributed by atoms with Crippen molar-refractivity contribution in [3.63, 3.8) is 0 Å². The number of alkyl carbamates (subject to hydrolysis) is 1. The zero-order valence-corrected chi connectivity index (χ0v) is 21.8. The molecule has 0 saturated carbocycles. The summed E-state index contributed by atoms with van der Waals surface area (Å²) in [5, 5.41) is 17.1. The van der Waals surface area contributed by atoms with Gasteiger partial charge in [-0.05, 0) is 47.4 Å². The Morgan fingerprint density at radius 2 is 1.70 bits per heavy atom. The van der Waals surface area contributed by atoms with Gasteiger partial charge in [-0.15, -0.1) is 0 Å². The lowest BCUT2D eigenvalue weighted by Gasteiger charge is -2.23. The van der Waals surface area contributed by atoms with Gasteiger partial charge in [-0.2, -0.15) is 5.26 Å². The van der Waals surface area contributed by atoms with Crippen molar-refractivity contribution in [2.75, 3.05) is 19.7 Å². The zero-order chi connectivity index (χ0) is 26.8. The van der Waals surface area contributed by atoms with Gasteiger partial charge in [0.25, 0.3) is 0 Å². The second-order valence-corrected chi connectivity index (χ2v) is 10.0. The molecule has 1 fully saturated rings. The van der Waals surface area contributed by atoms with E-state index in [1.807, 2.05) is 42.5 Å². The van der Waals surface area contributed by atoms with E-state index in [1.165, 1.54) is 0 Å². The number of benzene rings is 2. The van der Waals surface area contributed by atoms with Crippen LogP contribution in [0.25, 0.3) is 11.1 Å². The maximum absolute atomic E-state index is 12.2. The number of hydrogen-bond donors (Lipinski definition) is 3. The largest absolute Gasteiger partial charge is 0.449 e. The van der Waals surface area contributed by atoms with Crippen LogP contribution in [-0.2, 0) is 14.3 Å². The molecule has 1 heterocycles. The molecule has 200 valence electrons. The predicted octanol–water partition coefficient (Wildman–Crippen LogP) is 4.60. The van der Waals surface area contributed by atoms with E-state index >= 15 is 0 Å². The summed E-state index contributed by atoms with van der Waals surface area (Å²) in [5.41, 5.74) is 4.48. The summed E-state index contributed by atoms with van der Waals surface area (Å²) >= 11 is 0. The van der Waals surface area contributed by atoms with Gasteiger partial charge in [0.1, 0.15) is 19.2 Å². The van der Waals surface area contributed by atoms with Crippen molar-refractivity contribution >= 4 is 17.9 Å². The molecule has 1 saturated heterocycles. The number of carbonyl (C=O) groups is 3. The van der Waals surface area contributed by atoms with Crippen molar-refractivity contribution in [2.24, 2.45) is 11.8 Å². The second-order valence-electron chi connectivity index (χ2n) is 10.0. The van der Waals surface area contributed by atoms with Crippen molar-refractivity contribution in [2.45, 2.75) is 52.0 Å². The Labute approximate surface area is 221 Å². The van der Waals surface area contributed by atoms with Crippen LogP contribution in [0.2, 0.25) is 0 Å². The topological polar surface area (TPSA) is 120 Å². The Kier molecular flexibility index (Phi) is 10.1. The third kappa shape index (κ3) is 7.81. The molecule has 2 atom stereocenters. The fourth-order valence-corrected chi connectivity index (χ4v) is 4.54. The molecule has 0 bridgehead atoms. The molecule has 1 aliphatic carbocycles. The standard InChI is InChI=1S/C25H26N4O4.C4H10.2H2/c26-13-17(12-16-6-5-11-27-24(16)31)29-23(30)14-28-25(32)33-15-22-20-9-3-1-7-18(20)19-8-2-4-10-21(19)22;1-4(2)3;;/h1-4,7-10,16-17,22H,5-6,11-12,14-15H2,(H,27,31)(H,28,32)(H,29,30);4H,1-3H3;2*1H/t16-,17-;;;/m0.../s1. The van der Waals surface area contributed by atoms with Gasteiger partial charge in [0, 0.05) is 21.2 Å². The number of carbonyl (C=O) groups excluding carboxylic acids is 3. The first-order valence-corrected chi connectivity index (χ1v) is 12.9. The Hall–Kier alpha value is -3.86. The summed E-state index contributed by atoms with van der Waals surface area (Å²) in [6, 6.07) is 17.3. The third-order valence-corrected chi connectivity index (χ3v) is 6.15. The highest BCUT2D eigenvalue weighted by Gasteiger charge is 2.29. The smallest absolute Gasteiger partial charge is 0.407 e. The molecule has 2 aliphatic rings. The number of hydrogen-bond acceptors (Lipinski definition) is 5. The molecule has 2 aromatic rings. The highest BCUT2D eigenvalue weighted by Crippen LogP contribution is 2.44. The minimum atomic E-state index is -0.796. The normalized spacial score (nSPS) is 16.7. The van der Waals surface area contributed by atoms with E-state index in [0.29, 0.717) is 13.0 Å². The van der Waals surface area contributed by atoms with Gasteiger partial charge >= 0.3 is 6.09 Å². The van der Waals surface area contributed by atoms with Gasteiger partial charge in [0.2, 0.25) is 11.8 Å². The molecule has 0 radical (unpaired) electrons. The summed E-state index contributed by atoms with van der Waals surface area (Å²) in [6.07, 6.45) is 1.09. The number of nitrogens with one attached hydrogen (secondary N) is 3. The summed E-state index contributed by atoms with van der Waals surface area (Å²) in [6.45, 7) is 6.98. The zero-order valence-electron chi connectivity index (χ0n) is 21.8. The quantitative estimate of drug-likeness (QED) is 0.505. The van der Waals surface area contributed by atoms with Crippen LogP contribution in [0.1, 0.15) is 59.9 Å². The average molecular weight is 509 g/mol. The summed E-state index contributed by atoms with van der Waals surface area (Å²) in [5.74, 6) is -0.126. The molecule has 3 N–H and O–H groups in total. The highest BCUT2D eigenvalue weighted by molar-refractivity contribution is 5.83. The summed E-state index contributed by atoms with van der Waals surface area (Å²) in [4.78, 5) is 36.3. The number of nitrogens with zero attached hydrogens (tertiary/aromatic N) is 1. The van der Waals surface area contributed by atoms with Gasteiger partial charge in [-0.1, -0.05) is 69.3 Å². The van der Waals surface area contributed by atoms with Crippen molar-refractivity contribution in [3.05, 3.63) is 59.7 Å². The SMILES string of the molecule is CC(C)C.N#C[C@H](C[C@@H]1CCCNC1=O)NC(=O)CNC(=O)OCC1c2ccccc2-c2ccccc21.[HH].[HH]. The molecule has 8 heteroatoms. The predicted molar refractivity (Wildman–Crippen MR) is 146 cm³/mol. The number of nitriles is 1. The van der Waals surface area contributed by atoms with E-state index in [2.05, 4.69) is 48.9 Å². The van der Waals surface area contributed by atoms with Crippen LogP contribution in [0.15, 0.2) is 48.5 Å². The Morgan fingerprint density at radius 3 is 2.27 bits per heavy atom. The number of rotatable bonds is 7. The number of amides is 3. The molecule has 0 spiro atoms. The van der Waals surface area contributed by atoms with Crippen LogP contribution in [0.5, 0.6) is 0 Å².